The number of hydrogen-bond acceptors (Lipinski definition) is 3. The van der Waals surface area contributed by atoms with Crippen LogP contribution < -0.4 is 5.32 Å². The standard InChI is InChI=1S/C19H19N3O2/c23-19(20-12-16-4-3-11-24-16)14-7-9-15(10-8-14)22-13-21-17-5-1-2-6-18(17)22/h1-2,5-10,13,16H,3-4,11-12H2,(H,20,23)/t16-/m0/s1. The molecule has 1 aromatic heterocycles. The lowest BCUT2D eigenvalue weighted by Crippen LogP contribution is -2.31. The first-order chi connectivity index (χ1) is 11.8. The molecule has 0 bridgehead atoms. The number of hydrogen-bond donors (Lipinski definition) is 1. The Morgan fingerprint density at radius 2 is 2.04 bits per heavy atom. The highest BCUT2D eigenvalue weighted by Crippen LogP contribution is 2.18. The smallest absolute Gasteiger partial charge is 0.251 e. The molecule has 1 aliphatic rings. The Bertz CT molecular complexity index is 848. The van der Waals surface area contributed by atoms with Crippen molar-refractivity contribution in [3.63, 3.8) is 0 Å². The summed E-state index contributed by atoms with van der Waals surface area (Å²) in [6, 6.07) is 15.5. The van der Waals surface area contributed by atoms with Gasteiger partial charge in [-0.2, -0.15) is 0 Å². The number of imidazole rings is 1. The fourth-order valence-electron chi connectivity index (χ4n) is 3.05. The van der Waals surface area contributed by atoms with Gasteiger partial charge in [-0.05, 0) is 49.2 Å². The molecule has 2 heterocycles. The van der Waals surface area contributed by atoms with E-state index in [4.69, 9.17) is 4.74 Å². The molecule has 1 aliphatic heterocycles. The Labute approximate surface area is 140 Å². The molecule has 1 fully saturated rings. The van der Waals surface area contributed by atoms with Crippen LogP contribution in [0.25, 0.3) is 16.7 Å². The minimum Gasteiger partial charge on any atom is -0.376 e. The molecule has 1 amide bonds. The molecule has 122 valence electrons. The van der Waals surface area contributed by atoms with Crippen LogP contribution in [0.4, 0.5) is 0 Å². The van der Waals surface area contributed by atoms with Crippen molar-refractivity contribution in [2.24, 2.45) is 0 Å². The average Bonchev–Trinajstić information content (AvgIpc) is 3.29. The number of nitrogens with zero attached hydrogens (tertiary/aromatic N) is 2. The second-order valence-corrected chi connectivity index (χ2v) is 6.00. The van der Waals surface area contributed by atoms with Gasteiger partial charge in [-0.1, -0.05) is 12.1 Å². The van der Waals surface area contributed by atoms with Gasteiger partial charge in [-0.25, -0.2) is 4.98 Å². The summed E-state index contributed by atoms with van der Waals surface area (Å²) in [6.07, 6.45) is 4.06. The number of rotatable bonds is 4. The maximum Gasteiger partial charge on any atom is 0.251 e. The number of amides is 1. The third-order valence-corrected chi connectivity index (χ3v) is 4.38. The van der Waals surface area contributed by atoms with Crippen LogP contribution >= 0.6 is 0 Å². The van der Waals surface area contributed by atoms with Gasteiger partial charge in [0.15, 0.2) is 0 Å². The van der Waals surface area contributed by atoms with Gasteiger partial charge >= 0.3 is 0 Å². The van der Waals surface area contributed by atoms with E-state index >= 15 is 0 Å². The van der Waals surface area contributed by atoms with E-state index in [-0.39, 0.29) is 12.0 Å². The van der Waals surface area contributed by atoms with Crippen molar-refractivity contribution >= 4 is 16.9 Å². The molecule has 0 unspecified atom stereocenters. The molecule has 0 radical (unpaired) electrons. The quantitative estimate of drug-likeness (QED) is 0.804. The molecular formula is C19H19N3O2. The fraction of sp³-hybridized carbons (Fsp3) is 0.263. The lowest BCUT2D eigenvalue weighted by atomic mass is 10.1. The van der Waals surface area contributed by atoms with Crippen molar-refractivity contribution in [3.8, 4) is 5.69 Å². The van der Waals surface area contributed by atoms with Crippen molar-refractivity contribution in [2.45, 2.75) is 18.9 Å². The summed E-state index contributed by atoms with van der Waals surface area (Å²) in [6.45, 7) is 1.38. The number of carbonyl (C=O) groups is 1. The summed E-state index contributed by atoms with van der Waals surface area (Å²) in [5, 5.41) is 2.94. The average molecular weight is 321 g/mol. The summed E-state index contributed by atoms with van der Waals surface area (Å²) in [4.78, 5) is 16.6. The highest BCUT2D eigenvalue weighted by Gasteiger charge is 2.16. The summed E-state index contributed by atoms with van der Waals surface area (Å²) in [7, 11) is 0. The molecular weight excluding hydrogens is 302 g/mol. The second-order valence-electron chi connectivity index (χ2n) is 6.00. The van der Waals surface area contributed by atoms with Crippen LogP contribution in [-0.2, 0) is 4.74 Å². The van der Waals surface area contributed by atoms with Gasteiger partial charge in [-0.3, -0.25) is 9.36 Å². The molecule has 0 aliphatic carbocycles. The lowest BCUT2D eigenvalue weighted by molar-refractivity contribution is 0.0858. The van der Waals surface area contributed by atoms with E-state index in [2.05, 4.69) is 10.3 Å². The van der Waals surface area contributed by atoms with Crippen LogP contribution in [-0.4, -0.2) is 34.7 Å². The van der Waals surface area contributed by atoms with Gasteiger partial charge in [-0.15, -0.1) is 0 Å². The van der Waals surface area contributed by atoms with Gasteiger partial charge in [0, 0.05) is 24.4 Å². The SMILES string of the molecule is O=C(NC[C@@H]1CCCO1)c1ccc(-n2cnc3ccccc32)cc1. The third-order valence-electron chi connectivity index (χ3n) is 4.38. The van der Waals surface area contributed by atoms with Crippen LogP contribution in [0.3, 0.4) is 0 Å². The molecule has 0 spiro atoms. The monoisotopic (exact) mass is 321 g/mol. The molecule has 4 rings (SSSR count). The molecule has 5 heteroatoms. The third kappa shape index (κ3) is 2.90. The maximum absolute atomic E-state index is 12.2. The van der Waals surface area contributed by atoms with Crippen molar-refractivity contribution in [1.29, 1.82) is 0 Å². The highest BCUT2D eigenvalue weighted by atomic mass is 16.5. The lowest BCUT2D eigenvalue weighted by Gasteiger charge is -2.11. The fourth-order valence-corrected chi connectivity index (χ4v) is 3.05. The van der Waals surface area contributed by atoms with Crippen LogP contribution in [0.2, 0.25) is 0 Å². The number of carbonyl (C=O) groups excluding carboxylic acids is 1. The molecule has 24 heavy (non-hydrogen) atoms. The Hall–Kier alpha value is -2.66. The van der Waals surface area contributed by atoms with Crippen LogP contribution in [0.5, 0.6) is 0 Å². The van der Waals surface area contributed by atoms with E-state index in [1.54, 1.807) is 6.33 Å². The Morgan fingerprint density at radius 3 is 2.83 bits per heavy atom. The molecule has 3 aromatic rings. The van der Waals surface area contributed by atoms with E-state index in [0.717, 1.165) is 36.2 Å². The zero-order valence-corrected chi connectivity index (χ0v) is 13.3. The van der Waals surface area contributed by atoms with E-state index in [1.165, 1.54) is 0 Å². The van der Waals surface area contributed by atoms with Gasteiger partial charge < -0.3 is 10.1 Å². The van der Waals surface area contributed by atoms with Crippen molar-refractivity contribution in [3.05, 3.63) is 60.4 Å². The molecule has 0 saturated carbocycles. The van der Waals surface area contributed by atoms with Gasteiger partial charge in [0.25, 0.3) is 5.91 Å². The molecule has 1 saturated heterocycles. The summed E-state index contributed by atoms with van der Waals surface area (Å²) in [5.41, 5.74) is 3.64. The molecule has 5 nitrogen and oxygen atoms in total. The van der Waals surface area contributed by atoms with Crippen LogP contribution in [0.1, 0.15) is 23.2 Å². The first-order valence-corrected chi connectivity index (χ1v) is 8.23. The highest BCUT2D eigenvalue weighted by molar-refractivity contribution is 5.94. The van der Waals surface area contributed by atoms with Crippen LogP contribution in [0.15, 0.2) is 54.9 Å². The van der Waals surface area contributed by atoms with E-state index in [0.29, 0.717) is 12.1 Å². The zero-order chi connectivity index (χ0) is 16.4. The normalized spacial score (nSPS) is 17.2. The van der Waals surface area contributed by atoms with Gasteiger partial charge in [0.1, 0.15) is 6.33 Å². The predicted octanol–water partition coefficient (Wildman–Crippen LogP) is 2.93. The minimum absolute atomic E-state index is 0.0625. The molecule has 2 aromatic carbocycles. The number of para-hydroxylation sites is 2. The topological polar surface area (TPSA) is 56.1 Å². The molecule has 1 N–H and O–H groups in total. The minimum atomic E-state index is -0.0625. The number of nitrogens with one attached hydrogen (secondary N) is 1. The Morgan fingerprint density at radius 1 is 1.21 bits per heavy atom. The number of ether oxygens (including phenoxy) is 1. The number of fused-ring (bicyclic) bond motifs is 1. The van der Waals surface area contributed by atoms with Gasteiger partial charge in [0.2, 0.25) is 0 Å². The summed E-state index contributed by atoms with van der Waals surface area (Å²) < 4.78 is 7.54. The Kier molecular flexibility index (Phi) is 4.01. The largest absolute Gasteiger partial charge is 0.376 e. The maximum atomic E-state index is 12.2. The zero-order valence-electron chi connectivity index (χ0n) is 13.3. The molecule has 1 atom stereocenters. The predicted molar refractivity (Wildman–Crippen MR) is 92.4 cm³/mol. The summed E-state index contributed by atoms with van der Waals surface area (Å²) >= 11 is 0. The van der Waals surface area contributed by atoms with Gasteiger partial charge in [0.05, 0.1) is 17.1 Å². The second kappa shape index (κ2) is 6.45. The number of benzene rings is 2. The van der Waals surface area contributed by atoms with E-state index < -0.39 is 0 Å². The van der Waals surface area contributed by atoms with E-state index in [1.807, 2.05) is 53.1 Å². The summed E-state index contributed by atoms with van der Waals surface area (Å²) in [5.74, 6) is -0.0625. The Balaban J connectivity index is 1.49. The van der Waals surface area contributed by atoms with E-state index in [9.17, 15) is 4.79 Å². The van der Waals surface area contributed by atoms with Crippen LogP contribution in [0, 0.1) is 0 Å². The number of aromatic nitrogens is 2. The first-order valence-electron chi connectivity index (χ1n) is 8.23. The van der Waals surface area contributed by atoms with Crippen molar-refractivity contribution in [1.82, 2.24) is 14.9 Å². The van der Waals surface area contributed by atoms with Crippen molar-refractivity contribution < 1.29 is 9.53 Å². The van der Waals surface area contributed by atoms with Crippen molar-refractivity contribution in [2.75, 3.05) is 13.2 Å². The first kappa shape index (κ1) is 14.9.